The molecule has 0 atom stereocenters. The summed E-state index contributed by atoms with van der Waals surface area (Å²) < 4.78 is 56.2. The van der Waals surface area contributed by atoms with Crippen molar-refractivity contribution in [1.82, 2.24) is 10.3 Å². The molecule has 0 unspecified atom stereocenters. The van der Waals surface area contributed by atoms with Crippen LogP contribution in [-0.4, -0.2) is 89.5 Å². The smallest absolute Gasteiger partial charge is 0.335 e. The van der Waals surface area contributed by atoms with Gasteiger partial charge in [-0.15, -0.1) is 0 Å². The second-order valence-corrected chi connectivity index (χ2v) is 15.4. The summed E-state index contributed by atoms with van der Waals surface area (Å²) in [6, 6.07) is 6.90. The van der Waals surface area contributed by atoms with E-state index in [0.29, 0.717) is 63.5 Å². The number of hydrogen-bond acceptors (Lipinski definition) is 11. The molecule has 4 rings (SSSR count). The zero-order chi connectivity index (χ0) is 35.8. The number of nitrogens with zero attached hydrogens (tertiary/aromatic N) is 1. The summed E-state index contributed by atoms with van der Waals surface area (Å²) in [6.07, 6.45) is 6.55. The molecule has 0 aliphatic carbocycles. The molecule has 17 heteroatoms. The van der Waals surface area contributed by atoms with Crippen molar-refractivity contribution >= 4 is 48.9 Å². The van der Waals surface area contributed by atoms with Crippen LogP contribution in [0.4, 0.5) is 17.1 Å². The van der Waals surface area contributed by atoms with E-state index in [1.165, 1.54) is 18.2 Å². The van der Waals surface area contributed by atoms with Crippen LogP contribution in [0.2, 0.25) is 0 Å². The minimum Gasteiger partial charge on any atom is -0.485 e. The first-order valence-corrected chi connectivity index (χ1v) is 19.4. The molecule has 1 aliphatic heterocycles. The third kappa shape index (κ3) is 10.1. The molecule has 2 heterocycles. The molecule has 49 heavy (non-hydrogen) atoms. The Kier molecular flexibility index (Phi) is 12.5. The summed E-state index contributed by atoms with van der Waals surface area (Å²) in [7, 11) is -8.03. The zero-order valence-corrected chi connectivity index (χ0v) is 29.2. The number of aromatic carboxylic acids is 2. The minimum atomic E-state index is -4.31. The highest BCUT2D eigenvalue weighted by Gasteiger charge is 2.26. The lowest BCUT2D eigenvalue weighted by Gasteiger charge is -2.33. The number of hydrogen-bond donors (Lipinski definition) is 7. The highest BCUT2D eigenvalue weighted by Crippen LogP contribution is 2.36. The van der Waals surface area contributed by atoms with E-state index in [0.717, 1.165) is 42.8 Å². The van der Waals surface area contributed by atoms with Crippen LogP contribution in [0.15, 0.2) is 46.3 Å². The van der Waals surface area contributed by atoms with Crippen LogP contribution in [0.5, 0.6) is 5.75 Å². The van der Waals surface area contributed by atoms with E-state index < -0.39 is 36.7 Å². The van der Waals surface area contributed by atoms with E-state index in [1.807, 2.05) is 17.9 Å². The molecule has 2 aromatic carbocycles. The Bertz CT molecular complexity index is 1870. The molecule has 1 saturated heterocycles. The van der Waals surface area contributed by atoms with Crippen molar-refractivity contribution in [3.63, 3.8) is 0 Å². The molecule has 0 spiro atoms. The molecule has 15 nitrogen and oxygen atoms in total. The molecule has 0 bridgehead atoms. The van der Waals surface area contributed by atoms with Gasteiger partial charge in [-0.25, -0.2) is 31.6 Å². The fraction of sp³-hybridized carbons (Fsp3) is 0.438. The maximum absolute atomic E-state index is 12.7. The van der Waals surface area contributed by atoms with E-state index in [1.54, 1.807) is 6.20 Å². The van der Waals surface area contributed by atoms with Crippen LogP contribution in [0.25, 0.3) is 0 Å². The molecule has 1 fully saturated rings. The van der Waals surface area contributed by atoms with Gasteiger partial charge in [0.05, 0.1) is 33.1 Å². The van der Waals surface area contributed by atoms with Gasteiger partial charge in [0, 0.05) is 63.0 Å². The first-order valence-electron chi connectivity index (χ1n) is 16.0. The van der Waals surface area contributed by atoms with Crippen LogP contribution in [0.3, 0.4) is 0 Å². The van der Waals surface area contributed by atoms with Crippen molar-refractivity contribution < 1.29 is 41.4 Å². The highest BCUT2D eigenvalue weighted by atomic mass is 32.2. The molecule has 1 aliphatic rings. The minimum absolute atomic E-state index is 0.00711. The van der Waals surface area contributed by atoms with Gasteiger partial charge in [-0.05, 0) is 56.0 Å². The maximum atomic E-state index is 12.7. The lowest BCUT2D eigenvalue weighted by atomic mass is 10.1. The summed E-state index contributed by atoms with van der Waals surface area (Å²) in [5.41, 5.74) is 2.45. The van der Waals surface area contributed by atoms with Crippen LogP contribution in [0.1, 0.15) is 64.6 Å². The van der Waals surface area contributed by atoms with Crippen molar-refractivity contribution in [2.45, 2.75) is 55.4 Å². The number of nitrogens with two attached hydrogens (primary N) is 1. The number of carboxylic acid groups (broad SMARTS) is 2. The van der Waals surface area contributed by atoms with Gasteiger partial charge >= 0.3 is 11.9 Å². The molecule has 268 valence electrons. The van der Waals surface area contributed by atoms with Crippen molar-refractivity contribution in [2.75, 3.05) is 61.1 Å². The number of aryl methyl sites for hydroxylation is 1. The Hall–Kier alpha value is -4.32. The first-order chi connectivity index (χ1) is 23.2. The van der Waals surface area contributed by atoms with E-state index in [4.69, 9.17) is 9.88 Å². The first kappa shape index (κ1) is 37.5. The summed E-state index contributed by atoms with van der Waals surface area (Å²) in [6.45, 7) is 5.44. The molecule has 0 radical (unpaired) electrons. The number of ether oxygens (including phenoxy) is 1. The van der Waals surface area contributed by atoms with Gasteiger partial charge in [0.25, 0.3) is 0 Å². The van der Waals surface area contributed by atoms with Crippen LogP contribution >= 0.6 is 0 Å². The average molecular weight is 721 g/mol. The Morgan fingerprint density at radius 1 is 0.898 bits per heavy atom. The number of nitrogens with one attached hydrogen (secondary N) is 4. The number of sulfone groups is 1. The van der Waals surface area contributed by atoms with Gasteiger partial charge < -0.3 is 40.8 Å². The summed E-state index contributed by atoms with van der Waals surface area (Å²) >= 11 is 0. The fourth-order valence-corrected chi connectivity index (χ4v) is 7.17. The summed E-state index contributed by atoms with van der Waals surface area (Å²) in [5, 5.41) is 34.2. The SMILES string of the molecule is CCCCNc1cc(C(=O)O)cc(S(N)(=O)=O)c1OCc1c[nH]c(CCCCNc2cc(C(=O)O)cc(S(C)(=O)=O)c2N2CCNCC2)c1. The average Bonchev–Trinajstić information content (AvgIpc) is 3.50. The van der Waals surface area contributed by atoms with Gasteiger partial charge in [-0.2, -0.15) is 0 Å². The predicted octanol–water partition coefficient (Wildman–Crippen LogP) is 3.10. The molecular formula is C32H44N6O9S2. The van der Waals surface area contributed by atoms with E-state index in [-0.39, 0.29) is 34.1 Å². The van der Waals surface area contributed by atoms with Gasteiger partial charge in [0.2, 0.25) is 10.0 Å². The van der Waals surface area contributed by atoms with Crippen LogP contribution < -0.4 is 30.7 Å². The number of H-pyrrole nitrogens is 1. The van der Waals surface area contributed by atoms with E-state index in [9.17, 15) is 36.6 Å². The number of anilines is 3. The number of unbranched alkanes of at least 4 members (excludes halogenated alkanes) is 2. The quantitative estimate of drug-likeness (QED) is 0.0938. The molecule has 1 aromatic heterocycles. The lowest BCUT2D eigenvalue weighted by molar-refractivity contribution is 0.0685. The van der Waals surface area contributed by atoms with Gasteiger partial charge in [-0.3, -0.25) is 0 Å². The lowest BCUT2D eigenvalue weighted by Crippen LogP contribution is -2.44. The Labute approximate surface area is 286 Å². The second-order valence-electron chi connectivity index (χ2n) is 11.9. The van der Waals surface area contributed by atoms with Gasteiger partial charge in [0.1, 0.15) is 11.5 Å². The third-order valence-corrected chi connectivity index (χ3v) is 10.0. The highest BCUT2D eigenvalue weighted by molar-refractivity contribution is 7.91. The second kappa shape index (κ2) is 16.4. The van der Waals surface area contributed by atoms with Gasteiger partial charge in [0.15, 0.2) is 15.6 Å². The number of carboxylic acids is 2. The monoisotopic (exact) mass is 720 g/mol. The molecular weight excluding hydrogens is 677 g/mol. The number of sulfonamides is 1. The normalized spacial score (nSPS) is 13.7. The van der Waals surface area contributed by atoms with Crippen molar-refractivity contribution in [1.29, 1.82) is 0 Å². The van der Waals surface area contributed by atoms with Crippen molar-refractivity contribution in [3.8, 4) is 5.75 Å². The fourth-order valence-electron chi connectivity index (χ4n) is 5.52. The molecule has 3 aromatic rings. The maximum Gasteiger partial charge on any atom is 0.335 e. The molecule has 8 N–H and O–H groups in total. The summed E-state index contributed by atoms with van der Waals surface area (Å²) in [5.74, 6) is -2.56. The van der Waals surface area contributed by atoms with E-state index in [2.05, 4.69) is 20.9 Å². The predicted molar refractivity (Wildman–Crippen MR) is 186 cm³/mol. The number of rotatable bonds is 18. The number of carbonyl (C=O) groups is 2. The molecule has 0 amide bonds. The zero-order valence-electron chi connectivity index (χ0n) is 27.5. The standard InChI is InChI=1S/C32H44N6O9S2/c1-3-4-8-36-26-16-23(32(41)42)18-28(49(33,45)46)30(26)47-20-21-14-24(37-19-21)7-5-6-9-35-25-15-22(31(39)40)17-27(48(2,43)44)29(25)38-12-10-34-11-13-38/h14-19,34-37H,3-13,20H2,1-2H3,(H,39,40)(H,41,42)(H2,33,45,46). The van der Waals surface area contributed by atoms with Crippen LogP contribution in [-0.2, 0) is 32.9 Å². The number of aromatic nitrogens is 1. The summed E-state index contributed by atoms with van der Waals surface area (Å²) in [4.78, 5) is 28.2. The Morgan fingerprint density at radius 2 is 1.51 bits per heavy atom. The van der Waals surface area contributed by atoms with Crippen molar-refractivity contribution in [2.24, 2.45) is 5.14 Å². The number of piperazine rings is 1. The third-order valence-electron chi connectivity index (χ3n) is 7.98. The number of aromatic amines is 1. The van der Waals surface area contributed by atoms with Gasteiger partial charge in [-0.1, -0.05) is 13.3 Å². The number of primary sulfonamides is 1. The van der Waals surface area contributed by atoms with Crippen LogP contribution in [0, 0.1) is 0 Å². The molecule has 0 saturated carbocycles. The Balaban J connectivity index is 1.42. The largest absolute Gasteiger partial charge is 0.485 e. The Morgan fingerprint density at radius 3 is 2.12 bits per heavy atom. The van der Waals surface area contributed by atoms with E-state index >= 15 is 0 Å². The van der Waals surface area contributed by atoms with Crippen molar-refractivity contribution in [3.05, 3.63) is 58.9 Å². The number of benzene rings is 2. The topological polar surface area (TPSA) is 233 Å².